The van der Waals surface area contributed by atoms with Crippen molar-refractivity contribution in [2.24, 2.45) is 0 Å². The second kappa shape index (κ2) is 10.8. The number of hydrogen-bond donors (Lipinski definition) is 2. The lowest BCUT2D eigenvalue weighted by atomic mass is 10.2. The number of halogens is 3. The van der Waals surface area contributed by atoms with Gasteiger partial charge in [0.25, 0.3) is 0 Å². The van der Waals surface area contributed by atoms with Gasteiger partial charge in [-0.25, -0.2) is 9.18 Å². The third-order valence-corrected chi connectivity index (χ3v) is 6.79. The maximum absolute atomic E-state index is 15.0. The van der Waals surface area contributed by atoms with Crippen LogP contribution in [-0.2, 0) is 9.53 Å². The Hall–Kier alpha value is -2.82. The van der Waals surface area contributed by atoms with E-state index in [2.05, 4.69) is 10.6 Å². The Bertz CT molecular complexity index is 1130. The number of nitrogens with zero attached hydrogens (tertiary/aromatic N) is 3. The van der Waals surface area contributed by atoms with Gasteiger partial charge in [-0.05, 0) is 42.5 Å². The number of cyclic esters (lactones) is 1. The second-order valence-electron chi connectivity index (χ2n) is 8.19. The molecule has 2 aliphatic rings. The smallest absolute Gasteiger partial charge is 0.414 e. The van der Waals surface area contributed by atoms with Gasteiger partial charge in [0.2, 0.25) is 5.91 Å². The van der Waals surface area contributed by atoms with Crippen LogP contribution in [0.2, 0.25) is 10.0 Å². The van der Waals surface area contributed by atoms with Crippen LogP contribution in [0.25, 0.3) is 0 Å². The van der Waals surface area contributed by atoms with Gasteiger partial charge in [-0.3, -0.25) is 9.69 Å². The van der Waals surface area contributed by atoms with Crippen molar-refractivity contribution < 1.29 is 18.7 Å². The Labute approximate surface area is 217 Å². The molecule has 8 nitrogen and oxygen atoms in total. The number of anilines is 3. The largest absolute Gasteiger partial charge is 0.442 e. The van der Waals surface area contributed by atoms with Crippen LogP contribution in [0.5, 0.6) is 0 Å². The number of para-hydroxylation sites is 1. The first-order chi connectivity index (χ1) is 16.7. The van der Waals surface area contributed by atoms with Crippen LogP contribution in [0.1, 0.15) is 6.92 Å². The monoisotopic (exact) mass is 539 g/mol. The van der Waals surface area contributed by atoms with Crippen LogP contribution in [0.15, 0.2) is 36.4 Å². The lowest BCUT2D eigenvalue weighted by Crippen LogP contribution is -2.50. The van der Waals surface area contributed by atoms with E-state index in [0.717, 1.165) is 0 Å². The summed E-state index contributed by atoms with van der Waals surface area (Å²) in [6, 6.07) is 9.90. The normalized spacial score (nSPS) is 17.9. The van der Waals surface area contributed by atoms with E-state index in [4.69, 9.17) is 40.2 Å². The molecule has 2 fully saturated rings. The van der Waals surface area contributed by atoms with Gasteiger partial charge < -0.3 is 25.2 Å². The summed E-state index contributed by atoms with van der Waals surface area (Å²) in [5.41, 5.74) is 1.41. The molecule has 2 N–H and O–H groups in total. The molecule has 0 aromatic heterocycles. The van der Waals surface area contributed by atoms with Crippen LogP contribution in [0.3, 0.4) is 0 Å². The highest BCUT2D eigenvalue weighted by molar-refractivity contribution is 7.80. The predicted octanol–water partition coefficient (Wildman–Crippen LogP) is 4.11. The van der Waals surface area contributed by atoms with Crippen molar-refractivity contribution in [2.75, 3.05) is 54.4 Å². The SMILES string of the molecule is CC(=O)NC[C@H]1CN(c2ccc(N3CCN(C(=S)Nc4c(Cl)cccc4Cl)CC3)c(F)c2)C(=O)O1. The average Bonchev–Trinajstić information content (AvgIpc) is 3.20. The Kier molecular flexibility index (Phi) is 7.83. The van der Waals surface area contributed by atoms with E-state index in [1.54, 1.807) is 30.3 Å². The highest BCUT2D eigenvalue weighted by atomic mass is 35.5. The number of nitrogens with one attached hydrogen (secondary N) is 2. The number of rotatable bonds is 5. The Morgan fingerprint density at radius 1 is 1.17 bits per heavy atom. The number of thiocarbonyl (C=S) groups is 1. The second-order valence-corrected chi connectivity index (χ2v) is 9.39. The van der Waals surface area contributed by atoms with Gasteiger partial charge in [0, 0.05) is 33.1 Å². The number of ether oxygens (including phenoxy) is 1. The number of piperazine rings is 1. The molecule has 2 amide bonds. The molecule has 35 heavy (non-hydrogen) atoms. The van der Waals surface area contributed by atoms with E-state index < -0.39 is 18.0 Å². The van der Waals surface area contributed by atoms with Crippen LogP contribution in [-0.4, -0.2) is 67.4 Å². The molecule has 12 heteroatoms. The molecule has 0 radical (unpaired) electrons. The summed E-state index contributed by atoms with van der Waals surface area (Å²) in [5, 5.41) is 7.17. The molecule has 2 aliphatic heterocycles. The highest BCUT2D eigenvalue weighted by Gasteiger charge is 2.33. The molecule has 2 heterocycles. The summed E-state index contributed by atoms with van der Waals surface area (Å²) in [6.45, 7) is 4.10. The number of carbonyl (C=O) groups excluding carboxylic acids is 2. The minimum absolute atomic E-state index is 0.209. The van der Waals surface area contributed by atoms with Crippen molar-refractivity contribution >= 4 is 69.6 Å². The first-order valence-electron chi connectivity index (χ1n) is 11.0. The van der Waals surface area contributed by atoms with E-state index in [-0.39, 0.29) is 19.0 Å². The molecule has 0 unspecified atom stereocenters. The number of carbonyl (C=O) groups is 2. The van der Waals surface area contributed by atoms with Gasteiger partial charge in [-0.1, -0.05) is 29.3 Å². The standard InChI is InChI=1S/C23H24Cl2FN5O3S/c1-14(32)27-12-16-13-31(23(33)34-16)15-5-6-20(19(26)11-15)29-7-9-30(10-8-29)22(35)28-21-17(24)3-2-4-18(21)25/h2-6,11,16H,7-10,12-13H2,1H3,(H,27,32)(H,28,35)/t16-/m0/s1. The van der Waals surface area contributed by atoms with Crippen molar-refractivity contribution in [2.45, 2.75) is 13.0 Å². The third-order valence-electron chi connectivity index (χ3n) is 5.80. The summed E-state index contributed by atoms with van der Waals surface area (Å²) in [7, 11) is 0. The summed E-state index contributed by atoms with van der Waals surface area (Å²) in [5.74, 6) is -0.642. The molecule has 2 aromatic carbocycles. The summed E-state index contributed by atoms with van der Waals surface area (Å²) in [4.78, 5) is 28.6. The van der Waals surface area contributed by atoms with E-state index in [1.165, 1.54) is 17.9 Å². The lowest BCUT2D eigenvalue weighted by Gasteiger charge is -2.37. The summed E-state index contributed by atoms with van der Waals surface area (Å²) in [6.07, 6.45) is -1.05. The molecular formula is C23H24Cl2FN5O3S. The fourth-order valence-corrected chi connectivity index (χ4v) is 4.75. The molecule has 186 valence electrons. The van der Waals surface area contributed by atoms with Crippen LogP contribution in [0, 0.1) is 5.82 Å². The van der Waals surface area contributed by atoms with Gasteiger partial charge in [0.1, 0.15) is 11.9 Å². The lowest BCUT2D eigenvalue weighted by molar-refractivity contribution is -0.119. The number of amides is 2. The molecule has 2 aromatic rings. The number of hydrogen-bond acceptors (Lipinski definition) is 5. The number of benzene rings is 2. The van der Waals surface area contributed by atoms with Crippen molar-refractivity contribution in [3.63, 3.8) is 0 Å². The van der Waals surface area contributed by atoms with Crippen LogP contribution in [0.4, 0.5) is 26.2 Å². The predicted molar refractivity (Wildman–Crippen MR) is 139 cm³/mol. The zero-order valence-corrected chi connectivity index (χ0v) is 21.2. The van der Waals surface area contributed by atoms with Gasteiger partial charge in [0.15, 0.2) is 5.11 Å². The zero-order chi connectivity index (χ0) is 25.1. The van der Waals surface area contributed by atoms with Crippen molar-refractivity contribution in [3.8, 4) is 0 Å². The molecule has 0 spiro atoms. The molecule has 2 saturated heterocycles. The van der Waals surface area contributed by atoms with Crippen LogP contribution >= 0.6 is 35.4 Å². The van der Waals surface area contributed by atoms with Gasteiger partial charge in [-0.15, -0.1) is 0 Å². The van der Waals surface area contributed by atoms with E-state index in [9.17, 15) is 9.59 Å². The van der Waals surface area contributed by atoms with Crippen molar-refractivity contribution in [1.82, 2.24) is 10.2 Å². The van der Waals surface area contributed by atoms with E-state index in [1.807, 2.05) is 9.80 Å². The van der Waals surface area contributed by atoms with Gasteiger partial charge in [0.05, 0.1) is 40.2 Å². The maximum Gasteiger partial charge on any atom is 0.414 e. The minimum atomic E-state index is -0.569. The molecule has 0 bridgehead atoms. The molecular weight excluding hydrogens is 516 g/mol. The van der Waals surface area contributed by atoms with Crippen LogP contribution < -0.4 is 20.4 Å². The fourth-order valence-electron chi connectivity index (χ4n) is 3.97. The Morgan fingerprint density at radius 2 is 1.86 bits per heavy atom. The van der Waals surface area contributed by atoms with Gasteiger partial charge in [-0.2, -0.15) is 0 Å². The Morgan fingerprint density at radius 3 is 2.49 bits per heavy atom. The summed E-state index contributed by atoms with van der Waals surface area (Å²) >= 11 is 17.9. The molecule has 0 aliphatic carbocycles. The van der Waals surface area contributed by atoms with Gasteiger partial charge >= 0.3 is 6.09 Å². The fraction of sp³-hybridized carbons (Fsp3) is 0.348. The topological polar surface area (TPSA) is 77.2 Å². The first kappa shape index (κ1) is 25.3. The maximum atomic E-state index is 15.0. The third kappa shape index (κ3) is 5.88. The Balaban J connectivity index is 1.35. The van der Waals surface area contributed by atoms with Crippen molar-refractivity contribution in [3.05, 3.63) is 52.3 Å². The first-order valence-corrected chi connectivity index (χ1v) is 12.2. The highest BCUT2D eigenvalue weighted by Crippen LogP contribution is 2.31. The van der Waals surface area contributed by atoms with E-state index >= 15 is 4.39 Å². The average molecular weight is 540 g/mol. The quantitative estimate of drug-likeness (QED) is 0.553. The molecule has 1 atom stereocenters. The van der Waals surface area contributed by atoms with E-state index in [0.29, 0.717) is 58.4 Å². The molecule has 4 rings (SSSR count). The zero-order valence-electron chi connectivity index (χ0n) is 18.9. The summed E-state index contributed by atoms with van der Waals surface area (Å²) < 4.78 is 20.3. The minimum Gasteiger partial charge on any atom is -0.442 e. The molecule has 0 saturated carbocycles. The van der Waals surface area contributed by atoms with Crippen molar-refractivity contribution in [1.29, 1.82) is 0 Å².